The molecule has 1 aliphatic rings. The summed E-state index contributed by atoms with van der Waals surface area (Å²) in [4.78, 5) is 19.4. The molecule has 0 bridgehead atoms. The third kappa shape index (κ3) is 3.75. The van der Waals surface area contributed by atoms with E-state index in [4.69, 9.17) is 4.74 Å². The molecule has 0 aliphatic carbocycles. The van der Waals surface area contributed by atoms with Gasteiger partial charge in [0.05, 0.1) is 24.3 Å². The summed E-state index contributed by atoms with van der Waals surface area (Å²) in [6.45, 7) is 1.39. The summed E-state index contributed by atoms with van der Waals surface area (Å²) in [7, 11) is 0. The van der Waals surface area contributed by atoms with Gasteiger partial charge in [-0.05, 0) is 48.2 Å². The van der Waals surface area contributed by atoms with Crippen LogP contribution < -0.4 is 10.9 Å². The maximum Gasteiger partial charge on any atom is 0.256 e. The van der Waals surface area contributed by atoms with Crippen LogP contribution in [-0.4, -0.2) is 62.4 Å². The lowest BCUT2D eigenvalue weighted by atomic mass is 9.93. The van der Waals surface area contributed by atoms with E-state index in [1.54, 1.807) is 37.5 Å². The van der Waals surface area contributed by atoms with Gasteiger partial charge in [-0.25, -0.2) is 0 Å². The van der Waals surface area contributed by atoms with Gasteiger partial charge in [-0.1, -0.05) is 6.07 Å². The van der Waals surface area contributed by atoms with Crippen LogP contribution in [0.5, 0.6) is 0 Å². The van der Waals surface area contributed by atoms with E-state index in [0.717, 1.165) is 10.9 Å². The number of ether oxygens (including phenoxy) is 1. The van der Waals surface area contributed by atoms with Crippen molar-refractivity contribution in [2.45, 2.75) is 37.4 Å². The lowest BCUT2D eigenvalue weighted by molar-refractivity contribution is -0.180. The fraction of sp³-hybridized carbons (Fsp3) is 0.333. The molecule has 3 heterocycles. The van der Waals surface area contributed by atoms with Crippen LogP contribution in [0.2, 0.25) is 0 Å². The molecule has 29 heavy (non-hydrogen) atoms. The molecule has 8 nitrogen and oxygen atoms in total. The van der Waals surface area contributed by atoms with Gasteiger partial charge in [0.1, 0.15) is 18.3 Å². The molecule has 5 unspecified atom stereocenters. The predicted octanol–water partition coefficient (Wildman–Crippen LogP) is 0.872. The zero-order valence-electron chi connectivity index (χ0n) is 15.8. The zero-order chi connectivity index (χ0) is 20.5. The Labute approximate surface area is 166 Å². The topological polar surface area (TPSA) is 128 Å². The monoisotopic (exact) mass is 397 g/mol. The van der Waals surface area contributed by atoms with E-state index in [9.17, 15) is 20.1 Å². The molecule has 1 aliphatic heterocycles. The van der Waals surface area contributed by atoms with Crippen LogP contribution in [0.25, 0.3) is 22.0 Å². The van der Waals surface area contributed by atoms with E-state index < -0.39 is 30.5 Å². The minimum absolute atomic E-state index is 0.212. The molecule has 0 saturated carbocycles. The number of aromatic amines is 1. The van der Waals surface area contributed by atoms with E-state index in [2.05, 4.69) is 15.3 Å². The van der Waals surface area contributed by atoms with Crippen LogP contribution in [0.1, 0.15) is 6.92 Å². The van der Waals surface area contributed by atoms with Crippen molar-refractivity contribution < 1.29 is 20.1 Å². The highest BCUT2D eigenvalue weighted by atomic mass is 16.5. The molecule has 0 radical (unpaired) electrons. The van der Waals surface area contributed by atoms with Crippen molar-refractivity contribution in [2.75, 3.05) is 11.9 Å². The molecule has 4 rings (SSSR count). The van der Waals surface area contributed by atoms with Gasteiger partial charge in [0.15, 0.2) is 0 Å². The van der Waals surface area contributed by atoms with Gasteiger partial charge in [-0.3, -0.25) is 9.78 Å². The molecule has 3 aromatic rings. The molecular weight excluding hydrogens is 374 g/mol. The number of rotatable bonds is 4. The molecule has 0 spiro atoms. The lowest BCUT2D eigenvalue weighted by Gasteiger charge is -2.41. The number of aromatic nitrogens is 2. The first-order valence-electron chi connectivity index (χ1n) is 9.44. The summed E-state index contributed by atoms with van der Waals surface area (Å²) >= 11 is 0. The number of fused-ring (bicyclic) bond motifs is 1. The third-order valence-corrected chi connectivity index (χ3v) is 5.34. The highest BCUT2D eigenvalue weighted by molar-refractivity contribution is 5.86. The van der Waals surface area contributed by atoms with Gasteiger partial charge in [-0.15, -0.1) is 0 Å². The number of aliphatic hydroxyl groups excluding tert-OH is 3. The van der Waals surface area contributed by atoms with E-state index in [0.29, 0.717) is 16.8 Å². The van der Waals surface area contributed by atoms with Gasteiger partial charge < -0.3 is 30.4 Å². The second-order valence-electron chi connectivity index (χ2n) is 7.26. The molecule has 152 valence electrons. The van der Waals surface area contributed by atoms with Gasteiger partial charge in [0.25, 0.3) is 5.56 Å². The highest BCUT2D eigenvalue weighted by Gasteiger charge is 2.42. The fourth-order valence-electron chi connectivity index (χ4n) is 3.73. The normalized spacial score (nSPS) is 27.1. The Morgan fingerprint density at radius 2 is 1.90 bits per heavy atom. The second kappa shape index (κ2) is 7.92. The van der Waals surface area contributed by atoms with Crippen LogP contribution in [0.3, 0.4) is 0 Å². The average Bonchev–Trinajstić information content (AvgIpc) is 2.73. The molecule has 2 aromatic heterocycles. The minimum atomic E-state index is -1.20. The third-order valence-electron chi connectivity index (χ3n) is 5.34. The molecule has 1 fully saturated rings. The largest absolute Gasteiger partial charge is 0.394 e. The predicted molar refractivity (Wildman–Crippen MR) is 109 cm³/mol. The Bertz CT molecular complexity index is 1060. The Morgan fingerprint density at radius 3 is 2.62 bits per heavy atom. The molecule has 1 saturated heterocycles. The highest BCUT2D eigenvalue weighted by Crippen LogP contribution is 2.26. The van der Waals surface area contributed by atoms with Crippen LogP contribution >= 0.6 is 0 Å². The number of hydrogen-bond donors (Lipinski definition) is 5. The Kier molecular flexibility index (Phi) is 5.33. The summed E-state index contributed by atoms with van der Waals surface area (Å²) in [6.07, 6.45) is -0.287. The molecule has 5 atom stereocenters. The second-order valence-corrected chi connectivity index (χ2v) is 7.26. The Hall–Kier alpha value is -2.78. The maximum atomic E-state index is 12.5. The molecule has 0 amide bonds. The number of anilines is 1. The molecule has 5 N–H and O–H groups in total. The molecule has 1 aromatic carbocycles. The SMILES string of the molecule is CC1OC(CO)C(O)C(O)C1Nc1ccc2cc(-c3ccncc3)c(=O)[nH]c2c1. The van der Waals surface area contributed by atoms with Crippen molar-refractivity contribution in [2.24, 2.45) is 0 Å². The average molecular weight is 397 g/mol. The number of pyridine rings is 2. The van der Waals surface area contributed by atoms with Crippen LogP contribution in [0.15, 0.2) is 53.6 Å². The first kappa shape index (κ1) is 19.5. The number of hydrogen-bond acceptors (Lipinski definition) is 7. The number of H-pyrrole nitrogens is 1. The Balaban J connectivity index is 1.62. The quantitative estimate of drug-likeness (QED) is 0.442. The van der Waals surface area contributed by atoms with Crippen molar-refractivity contribution >= 4 is 16.6 Å². The summed E-state index contributed by atoms with van der Waals surface area (Å²) in [5, 5.41) is 33.8. The van der Waals surface area contributed by atoms with Crippen LogP contribution in [-0.2, 0) is 4.74 Å². The number of benzene rings is 1. The van der Waals surface area contributed by atoms with E-state index >= 15 is 0 Å². The molecular formula is C21H23N3O5. The maximum absolute atomic E-state index is 12.5. The van der Waals surface area contributed by atoms with Crippen molar-refractivity contribution in [1.82, 2.24) is 9.97 Å². The van der Waals surface area contributed by atoms with Crippen LogP contribution in [0, 0.1) is 0 Å². The van der Waals surface area contributed by atoms with E-state index in [1.807, 2.05) is 18.2 Å². The van der Waals surface area contributed by atoms with Crippen molar-refractivity contribution in [1.29, 1.82) is 0 Å². The fourth-order valence-corrected chi connectivity index (χ4v) is 3.73. The van der Waals surface area contributed by atoms with E-state index in [1.165, 1.54) is 0 Å². The lowest BCUT2D eigenvalue weighted by Crippen LogP contribution is -2.60. The first-order chi connectivity index (χ1) is 14.0. The number of aliphatic hydroxyl groups is 3. The minimum Gasteiger partial charge on any atom is -0.394 e. The summed E-state index contributed by atoms with van der Waals surface area (Å²) in [5.41, 5.74) is 2.44. The van der Waals surface area contributed by atoms with Gasteiger partial charge in [0.2, 0.25) is 0 Å². The summed E-state index contributed by atoms with van der Waals surface area (Å²) in [6, 6.07) is 10.3. The first-order valence-corrected chi connectivity index (χ1v) is 9.44. The molecule has 8 heteroatoms. The number of nitrogens with zero attached hydrogens (tertiary/aromatic N) is 1. The van der Waals surface area contributed by atoms with Gasteiger partial charge >= 0.3 is 0 Å². The summed E-state index contributed by atoms with van der Waals surface area (Å²) in [5.74, 6) is 0. The van der Waals surface area contributed by atoms with Crippen LogP contribution in [0.4, 0.5) is 5.69 Å². The Morgan fingerprint density at radius 1 is 1.14 bits per heavy atom. The summed E-state index contributed by atoms with van der Waals surface area (Å²) < 4.78 is 5.59. The van der Waals surface area contributed by atoms with Crippen molar-refractivity contribution in [3.8, 4) is 11.1 Å². The van der Waals surface area contributed by atoms with Gasteiger partial charge in [0, 0.05) is 23.6 Å². The van der Waals surface area contributed by atoms with Crippen molar-refractivity contribution in [3.63, 3.8) is 0 Å². The zero-order valence-corrected chi connectivity index (χ0v) is 15.8. The van der Waals surface area contributed by atoms with Crippen molar-refractivity contribution in [3.05, 3.63) is 59.1 Å². The van der Waals surface area contributed by atoms with E-state index in [-0.39, 0.29) is 12.2 Å². The standard InChI is InChI=1S/C21H23N3O5/c1-11-18(20(27)19(26)17(10-25)29-11)23-14-3-2-13-8-15(12-4-6-22-7-5-12)21(28)24-16(13)9-14/h2-9,11,17-20,23,25-27H,10H2,1H3,(H,24,28). The number of nitrogens with one attached hydrogen (secondary N) is 2. The smallest absolute Gasteiger partial charge is 0.256 e. The van der Waals surface area contributed by atoms with Gasteiger partial charge in [-0.2, -0.15) is 0 Å².